The average molecular weight is 485 g/mol. The van der Waals surface area contributed by atoms with E-state index in [2.05, 4.69) is 36.2 Å². The van der Waals surface area contributed by atoms with Crippen molar-refractivity contribution in [3.8, 4) is 11.4 Å². The molecular weight excluding hydrogens is 448 g/mol. The van der Waals surface area contributed by atoms with Crippen LogP contribution in [0.1, 0.15) is 78.4 Å². The summed E-state index contributed by atoms with van der Waals surface area (Å²) in [4.78, 5) is 17.6. The number of rotatable bonds is 6. The van der Waals surface area contributed by atoms with Gasteiger partial charge in [-0.2, -0.15) is 0 Å². The quantitative estimate of drug-likeness (QED) is 0.363. The molecule has 0 radical (unpaired) electrons. The number of esters is 1. The van der Waals surface area contributed by atoms with Crippen LogP contribution in [0, 0.1) is 17.3 Å². The lowest BCUT2D eigenvalue weighted by atomic mass is 9.55. The summed E-state index contributed by atoms with van der Waals surface area (Å²) in [6.45, 7) is 3.43. The lowest BCUT2D eigenvalue weighted by molar-refractivity contribution is 0.0587. The molecule has 5 heteroatoms. The van der Waals surface area contributed by atoms with E-state index in [1.54, 1.807) is 6.20 Å². The van der Waals surface area contributed by atoms with E-state index in [9.17, 15) is 4.79 Å². The fourth-order valence-electron chi connectivity index (χ4n) is 7.57. The Bertz CT molecular complexity index is 1250. The van der Waals surface area contributed by atoms with Gasteiger partial charge in [-0.05, 0) is 90.5 Å². The first-order valence-corrected chi connectivity index (χ1v) is 13.5. The van der Waals surface area contributed by atoms with Gasteiger partial charge in [0.2, 0.25) is 0 Å². The number of ether oxygens (including phenoxy) is 2. The predicted octanol–water partition coefficient (Wildman–Crippen LogP) is 6.76. The molecule has 188 valence electrons. The highest BCUT2D eigenvalue weighted by molar-refractivity contribution is 5.97. The number of hydrogen-bond donors (Lipinski definition) is 0. The number of methoxy groups -OCH3 is 1. The minimum atomic E-state index is -0.304. The van der Waals surface area contributed by atoms with Gasteiger partial charge in [-0.3, -0.25) is 0 Å². The Hall–Kier alpha value is -2.92. The van der Waals surface area contributed by atoms with E-state index in [1.807, 2.05) is 29.0 Å². The molecule has 0 amide bonds. The third-order valence-electron chi connectivity index (χ3n) is 9.35. The summed E-state index contributed by atoms with van der Waals surface area (Å²) >= 11 is 0. The summed E-state index contributed by atoms with van der Waals surface area (Å²) < 4.78 is 13.2. The van der Waals surface area contributed by atoms with Crippen LogP contribution in [0.3, 0.4) is 0 Å². The van der Waals surface area contributed by atoms with Crippen molar-refractivity contribution < 1.29 is 14.3 Å². The standard InChI is InChI=1S/C31H36N2O3/c1-31-13-6-9-28(31)24-11-10-22-17-27(30(34)35-2)26(18-25(22)23(24)12-14-31)29-32-15-16-33(29)20-36-19-21-7-4-3-5-8-21/h3-5,7-8,15-18,23-24,28H,6,9-14,19-20H2,1-2H3/t23-,24+,28-,31-/m0/s1. The van der Waals surface area contributed by atoms with Gasteiger partial charge in [-0.1, -0.05) is 43.7 Å². The Labute approximate surface area is 213 Å². The van der Waals surface area contributed by atoms with E-state index in [4.69, 9.17) is 9.47 Å². The molecule has 1 heterocycles. The molecule has 3 aliphatic carbocycles. The maximum absolute atomic E-state index is 12.9. The van der Waals surface area contributed by atoms with Gasteiger partial charge in [0.25, 0.3) is 0 Å². The van der Waals surface area contributed by atoms with Crippen molar-refractivity contribution in [3.63, 3.8) is 0 Å². The van der Waals surface area contributed by atoms with Crippen molar-refractivity contribution in [1.29, 1.82) is 0 Å². The van der Waals surface area contributed by atoms with E-state index in [0.29, 0.717) is 30.2 Å². The second-order valence-electron chi connectivity index (χ2n) is 11.3. The van der Waals surface area contributed by atoms with Gasteiger partial charge in [0.1, 0.15) is 12.6 Å². The van der Waals surface area contributed by atoms with Gasteiger partial charge in [-0.25, -0.2) is 9.78 Å². The van der Waals surface area contributed by atoms with Crippen LogP contribution in [0.4, 0.5) is 0 Å². The third-order valence-corrected chi connectivity index (χ3v) is 9.35. The molecule has 0 unspecified atom stereocenters. The van der Waals surface area contributed by atoms with Crippen LogP contribution in [-0.2, 0) is 29.2 Å². The first kappa shape index (κ1) is 23.5. The zero-order chi connectivity index (χ0) is 24.7. The second-order valence-corrected chi connectivity index (χ2v) is 11.3. The van der Waals surface area contributed by atoms with Crippen molar-refractivity contribution in [2.75, 3.05) is 7.11 Å². The molecule has 0 N–H and O–H groups in total. The number of fused-ring (bicyclic) bond motifs is 5. The van der Waals surface area contributed by atoms with Crippen LogP contribution in [0.5, 0.6) is 0 Å². The molecule has 0 aliphatic heterocycles. The van der Waals surface area contributed by atoms with Crippen LogP contribution < -0.4 is 0 Å². The van der Waals surface area contributed by atoms with Crippen molar-refractivity contribution in [3.05, 3.63) is 77.1 Å². The predicted molar refractivity (Wildman–Crippen MR) is 139 cm³/mol. The summed E-state index contributed by atoms with van der Waals surface area (Å²) in [5.74, 6) is 2.62. The molecule has 3 aliphatic rings. The molecule has 2 aromatic carbocycles. The molecule has 1 aromatic heterocycles. The monoisotopic (exact) mass is 484 g/mol. The number of imidazole rings is 1. The number of carbonyl (C=O) groups excluding carboxylic acids is 1. The van der Waals surface area contributed by atoms with Crippen LogP contribution in [0.25, 0.3) is 11.4 Å². The van der Waals surface area contributed by atoms with Crippen molar-refractivity contribution in [2.45, 2.75) is 71.1 Å². The number of aryl methyl sites for hydroxylation is 1. The van der Waals surface area contributed by atoms with Crippen LogP contribution in [-0.4, -0.2) is 22.6 Å². The third kappa shape index (κ3) is 4.07. The Kier molecular flexibility index (Phi) is 6.20. The molecule has 0 bridgehead atoms. The highest BCUT2D eigenvalue weighted by Gasteiger charge is 2.50. The maximum atomic E-state index is 12.9. The van der Waals surface area contributed by atoms with Gasteiger partial charge < -0.3 is 14.0 Å². The normalized spacial score (nSPS) is 26.7. The van der Waals surface area contributed by atoms with Crippen LogP contribution >= 0.6 is 0 Å². The van der Waals surface area contributed by atoms with Crippen LogP contribution in [0.2, 0.25) is 0 Å². The van der Waals surface area contributed by atoms with Gasteiger partial charge in [0, 0.05) is 18.0 Å². The molecule has 3 aromatic rings. The average Bonchev–Trinajstić information content (AvgIpc) is 3.54. The number of hydrogen-bond acceptors (Lipinski definition) is 4. The molecule has 5 nitrogen and oxygen atoms in total. The van der Waals surface area contributed by atoms with Gasteiger partial charge in [-0.15, -0.1) is 0 Å². The molecule has 4 atom stereocenters. The van der Waals surface area contributed by atoms with Crippen molar-refractivity contribution >= 4 is 5.97 Å². The van der Waals surface area contributed by atoms with Gasteiger partial charge in [0.05, 0.1) is 19.3 Å². The number of carbonyl (C=O) groups is 1. The first-order valence-electron chi connectivity index (χ1n) is 13.5. The molecule has 2 fully saturated rings. The van der Waals surface area contributed by atoms with Gasteiger partial charge >= 0.3 is 5.97 Å². The molecule has 36 heavy (non-hydrogen) atoms. The Morgan fingerprint density at radius 1 is 1.14 bits per heavy atom. The highest BCUT2D eigenvalue weighted by Crippen LogP contribution is 2.61. The molecule has 0 saturated heterocycles. The molecule has 6 rings (SSSR count). The number of benzene rings is 2. The molecular formula is C31H36N2O3. The van der Waals surface area contributed by atoms with Crippen molar-refractivity contribution in [2.24, 2.45) is 17.3 Å². The van der Waals surface area contributed by atoms with E-state index in [1.165, 1.54) is 56.8 Å². The largest absolute Gasteiger partial charge is 0.465 e. The fourth-order valence-corrected chi connectivity index (χ4v) is 7.57. The van der Waals surface area contributed by atoms with E-state index < -0.39 is 0 Å². The summed E-state index contributed by atoms with van der Waals surface area (Å²) in [5, 5.41) is 0. The smallest absolute Gasteiger partial charge is 0.338 e. The van der Waals surface area contributed by atoms with E-state index in [-0.39, 0.29) is 5.97 Å². The Balaban J connectivity index is 1.33. The number of nitrogens with zero attached hydrogens (tertiary/aromatic N) is 2. The fraction of sp³-hybridized carbons (Fsp3) is 0.484. The summed E-state index contributed by atoms with van der Waals surface area (Å²) in [6.07, 6.45) is 12.7. The number of aromatic nitrogens is 2. The zero-order valence-corrected chi connectivity index (χ0v) is 21.4. The zero-order valence-electron chi connectivity index (χ0n) is 21.4. The topological polar surface area (TPSA) is 53.3 Å². The summed E-state index contributed by atoms with van der Waals surface area (Å²) in [5.41, 5.74) is 5.87. The summed E-state index contributed by atoms with van der Waals surface area (Å²) in [6, 6.07) is 14.5. The minimum Gasteiger partial charge on any atom is -0.465 e. The second kappa shape index (κ2) is 9.51. The van der Waals surface area contributed by atoms with Gasteiger partial charge in [0.15, 0.2) is 0 Å². The molecule has 0 spiro atoms. The van der Waals surface area contributed by atoms with Crippen molar-refractivity contribution in [1.82, 2.24) is 9.55 Å². The van der Waals surface area contributed by atoms with Crippen LogP contribution in [0.15, 0.2) is 54.9 Å². The Morgan fingerprint density at radius 3 is 2.83 bits per heavy atom. The lowest BCUT2D eigenvalue weighted by Gasteiger charge is -2.49. The minimum absolute atomic E-state index is 0.304. The summed E-state index contributed by atoms with van der Waals surface area (Å²) in [7, 11) is 1.46. The highest BCUT2D eigenvalue weighted by atomic mass is 16.5. The SMILES string of the molecule is COC(=O)c1cc2c(cc1-c1nccn1COCc1ccccc1)[C@H]1CC[C@]3(C)CCC[C@H]3[C@@H]1CC2. The Morgan fingerprint density at radius 2 is 2.00 bits per heavy atom. The van der Waals surface area contributed by atoms with E-state index in [0.717, 1.165) is 35.2 Å². The van der Waals surface area contributed by atoms with E-state index >= 15 is 0 Å². The maximum Gasteiger partial charge on any atom is 0.338 e. The first-order chi connectivity index (χ1) is 17.6. The molecule has 2 saturated carbocycles. The lowest BCUT2D eigenvalue weighted by Crippen LogP contribution is -2.39.